The highest BCUT2D eigenvalue weighted by molar-refractivity contribution is 5.14. The van der Waals surface area contributed by atoms with E-state index in [0.29, 0.717) is 0 Å². The number of fused-ring (bicyclic) bond motifs is 1. The van der Waals surface area contributed by atoms with Crippen molar-refractivity contribution in [1.82, 2.24) is 0 Å². The van der Waals surface area contributed by atoms with Crippen LogP contribution in [-0.2, 0) is 14.2 Å². The molecule has 10 nitrogen and oxygen atoms in total. The van der Waals surface area contributed by atoms with E-state index in [1.165, 1.54) is 19.3 Å². The molecule has 0 spiro atoms. The number of aliphatic hydroxyl groups is 7. The van der Waals surface area contributed by atoms with Crippen molar-refractivity contribution in [2.24, 2.45) is 11.8 Å². The monoisotopic (exact) mass is 364 g/mol. The number of hydrogen-bond acceptors (Lipinski definition) is 10. The van der Waals surface area contributed by atoms with Gasteiger partial charge in [0, 0.05) is 5.92 Å². The first-order valence-corrected chi connectivity index (χ1v) is 8.06. The number of hydrogen-bond donors (Lipinski definition) is 7. The third-order valence-corrected chi connectivity index (χ3v) is 5.33. The summed E-state index contributed by atoms with van der Waals surface area (Å²) in [5, 5.41) is 69.6. The van der Waals surface area contributed by atoms with Gasteiger partial charge in [-0.15, -0.1) is 0 Å². The first kappa shape index (κ1) is 19.0. The van der Waals surface area contributed by atoms with Gasteiger partial charge in [0.2, 0.25) is 6.29 Å². The van der Waals surface area contributed by atoms with Crippen LogP contribution in [0.3, 0.4) is 0 Å². The third kappa shape index (κ3) is 2.97. The van der Waals surface area contributed by atoms with Crippen LogP contribution in [0.1, 0.15) is 6.92 Å². The minimum Gasteiger partial charge on any atom is -0.472 e. The summed E-state index contributed by atoms with van der Waals surface area (Å²) in [6.07, 6.45) is -8.54. The van der Waals surface area contributed by atoms with Gasteiger partial charge in [-0.2, -0.15) is 0 Å². The molecule has 144 valence electrons. The van der Waals surface area contributed by atoms with Crippen molar-refractivity contribution < 1.29 is 50.0 Å². The average Bonchev–Trinajstić information content (AvgIpc) is 2.77. The molecule has 2 aliphatic heterocycles. The lowest BCUT2D eigenvalue weighted by atomic mass is 9.84. The van der Waals surface area contributed by atoms with Crippen LogP contribution >= 0.6 is 0 Å². The fraction of sp³-hybridized carbons (Fsp3) is 0.867. The van der Waals surface area contributed by atoms with Gasteiger partial charge in [0.1, 0.15) is 30.5 Å². The fourth-order valence-electron chi connectivity index (χ4n) is 3.77. The van der Waals surface area contributed by atoms with Crippen LogP contribution in [0.25, 0.3) is 0 Å². The van der Waals surface area contributed by atoms with Crippen molar-refractivity contribution in [3.8, 4) is 0 Å². The third-order valence-electron chi connectivity index (χ3n) is 5.33. The molecule has 11 atom stereocenters. The van der Waals surface area contributed by atoms with Crippen molar-refractivity contribution in [3.05, 3.63) is 12.3 Å². The molecule has 1 aliphatic carbocycles. The lowest BCUT2D eigenvalue weighted by Crippen LogP contribution is -2.60. The summed E-state index contributed by atoms with van der Waals surface area (Å²) >= 11 is 0. The number of aliphatic hydroxyl groups excluding tert-OH is 6. The predicted octanol–water partition coefficient (Wildman–Crippen LogP) is -3.61. The molecule has 1 saturated carbocycles. The van der Waals surface area contributed by atoms with E-state index in [-0.39, 0.29) is 0 Å². The molecule has 0 bridgehead atoms. The lowest BCUT2D eigenvalue weighted by molar-refractivity contribution is -0.346. The van der Waals surface area contributed by atoms with Crippen molar-refractivity contribution in [2.45, 2.75) is 61.7 Å². The Bertz CT molecular complexity index is 509. The second kappa shape index (κ2) is 6.72. The van der Waals surface area contributed by atoms with Gasteiger partial charge in [-0.05, 0) is 13.0 Å². The lowest BCUT2D eigenvalue weighted by Gasteiger charge is -2.43. The molecule has 0 aromatic carbocycles. The molecule has 0 radical (unpaired) electrons. The smallest absolute Gasteiger partial charge is 0.208 e. The van der Waals surface area contributed by atoms with Gasteiger partial charge in [-0.1, -0.05) is 0 Å². The van der Waals surface area contributed by atoms with E-state index >= 15 is 0 Å². The highest BCUT2D eigenvalue weighted by Crippen LogP contribution is 2.46. The standard InChI is InChI=1S/C15H24O10/c1-15(22)7-5(8(17)12(15)21)2-3-23-13(7)25-14-11(20)10(19)9(18)6(4-16)24-14/h2-3,5-14,16-22H,4H2,1H3/t5-,6-,7-,8+,9-,10+,11-,12+,13+,14+,15-/m1/s1. The molecular weight excluding hydrogens is 340 g/mol. The van der Waals surface area contributed by atoms with Crippen molar-refractivity contribution in [1.29, 1.82) is 0 Å². The van der Waals surface area contributed by atoms with Crippen LogP contribution in [0.4, 0.5) is 0 Å². The van der Waals surface area contributed by atoms with Crippen LogP contribution in [0.5, 0.6) is 0 Å². The normalized spacial score (nSPS) is 55.7. The van der Waals surface area contributed by atoms with Gasteiger partial charge in [0.05, 0.1) is 30.5 Å². The number of rotatable bonds is 3. The largest absolute Gasteiger partial charge is 0.472 e. The molecule has 10 heteroatoms. The summed E-state index contributed by atoms with van der Waals surface area (Å²) in [6, 6.07) is 0. The van der Waals surface area contributed by atoms with E-state index in [4.69, 9.17) is 14.2 Å². The molecule has 2 fully saturated rings. The van der Waals surface area contributed by atoms with Gasteiger partial charge in [-0.3, -0.25) is 0 Å². The maximum absolute atomic E-state index is 10.5. The summed E-state index contributed by atoms with van der Waals surface area (Å²) in [6.45, 7) is 0.717. The van der Waals surface area contributed by atoms with Crippen molar-refractivity contribution in [3.63, 3.8) is 0 Å². The Balaban J connectivity index is 1.79. The molecule has 0 amide bonds. The first-order valence-electron chi connectivity index (χ1n) is 8.06. The zero-order chi connectivity index (χ0) is 18.5. The molecule has 3 aliphatic rings. The topological polar surface area (TPSA) is 169 Å². The molecule has 0 unspecified atom stereocenters. The van der Waals surface area contributed by atoms with Crippen molar-refractivity contribution >= 4 is 0 Å². The zero-order valence-corrected chi connectivity index (χ0v) is 13.5. The Hall–Kier alpha value is -0.820. The van der Waals surface area contributed by atoms with Gasteiger partial charge >= 0.3 is 0 Å². The van der Waals surface area contributed by atoms with Crippen LogP contribution < -0.4 is 0 Å². The average molecular weight is 364 g/mol. The van der Waals surface area contributed by atoms with E-state index in [2.05, 4.69) is 0 Å². The first-order chi connectivity index (χ1) is 11.7. The van der Waals surface area contributed by atoms with Crippen LogP contribution in [-0.4, -0.2) is 97.2 Å². The van der Waals surface area contributed by atoms with Crippen LogP contribution in [0, 0.1) is 11.8 Å². The van der Waals surface area contributed by atoms with Crippen molar-refractivity contribution in [2.75, 3.05) is 6.61 Å². The summed E-state index contributed by atoms with van der Waals surface area (Å²) in [4.78, 5) is 0. The molecule has 1 saturated heterocycles. The van der Waals surface area contributed by atoms with Gasteiger partial charge in [0.15, 0.2) is 6.29 Å². The Morgan fingerprint density at radius 3 is 2.32 bits per heavy atom. The summed E-state index contributed by atoms with van der Waals surface area (Å²) in [5.74, 6) is -1.54. The summed E-state index contributed by atoms with van der Waals surface area (Å²) in [7, 11) is 0. The van der Waals surface area contributed by atoms with Gasteiger partial charge in [-0.25, -0.2) is 0 Å². The van der Waals surface area contributed by atoms with E-state index in [1.807, 2.05) is 0 Å². The predicted molar refractivity (Wildman–Crippen MR) is 78.5 cm³/mol. The Labute approximate surface area is 143 Å². The van der Waals surface area contributed by atoms with E-state index in [0.717, 1.165) is 0 Å². The molecule has 7 N–H and O–H groups in total. The maximum Gasteiger partial charge on any atom is 0.208 e. The quantitative estimate of drug-likeness (QED) is 0.265. The summed E-state index contributed by atoms with van der Waals surface area (Å²) < 4.78 is 16.1. The molecule has 0 aromatic heterocycles. The minimum atomic E-state index is -1.74. The molecule has 25 heavy (non-hydrogen) atoms. The van der Waals surface area contributed by atoms with E-state index in [1.54, 1.807) is 0 Å². The summed E-state index contributed by atoms with van der Waals surface area (Å²) in [5.41, 5.74) is -1.74. The molecule has 3 rings (SSSR count). The Morgan fingerprint density at radius 2 is 1.68 bits per heavy atom. The highest BCUT2D eigenvalue weighted by Gasteiger charge is 2.61. The second-order valence-electron chi connectivity index (χ2n) is 6.93. The van der Waals surface area contributed by atoms with Gasteiger partial charge in [0.25, 0.3) is 0 Å². The molecular formula is C15H24O10. The van der Waals surface area contributed by atoms with Crippen LogP contribution in [0.2, 0.25) is 0 Å². The highest BCUT2D eigenvalue weighted by atomic mass is 16.8. The Kier molecular flexibility index (Phi) is 5.10. The van der Waals surface area contributed by atoms with E-state index < -0.39 is 73.2 Å². The van der Waals surface area contributed by atoms with E-state index in [9.17, 15) is 35.7 Å². The van der Waals surface area contributed by atoms with Crippen LogP contribution in [0.15, 0.2) is 12.3 Å². The second-order valence-corrected chi connectivity index (χ2v) is 6.93. The fourth-order valence-corrected chi connectivity index (χ4v) is 3.77. The maximum atomic E-state index is 10.5. The number of ether oxygens (including phenoxy) is 3. The van der Waals surface area contributed by atoms with Gasteiger partial charge < -0.3 is 50.0 Å². The zero-order valence-electron chi connectivity index (χ0n) is 13.5. The minimum absolute atomic E-state index is 0.614. The Morgan fingerprint density at radius 1 is 1.00 bits per heavy atom. The molecule has 2 heterocycles. The molecule has 0 aromatic rings. The SMILES string of the molecule is C[C@@]1(O)[C@H]2[C@H](O[C@@H]3O[C@H](CO)[C@@H](O)[C@H](O)[C@H]3O)OC=C[C@H]2[C@H](O)[C@@H]1O.